The van der Waals surface area contributed by atoms with Crippen LogP contribution in [0.5, 0.6) is 0 Å². The van der Waals surface area contributed by atoms with Crippen molar-refractivity contribution in [2.45, 2.75) is 11.9 Å². The van der Waals surface area contributed by atoms with Crippen LogP contribution >= 0.6 is 23.1 Å². The van der Waals surface area contributed by atoms with E-state index in [1.165, 1.54) is 24.3 Å². The Bertz CT molecular complexity index is 634. The third-order valence-corrected chi connectivity index (χ3v) is 5.41. The van der Waals surface area contributed by atoms with E-state index >= 15 is 0 Å². The third kappa shape index (κ3) is 3.17. The van der Waals surface area contributed by atoms with Gasteiger partial charge in [-0.2, -0.15) is 0 Å². The summed E-state index contributed by atoms with van der Waals surface area (Å²) in [6.07, 6.45) is 2.78. The van der Waals surface area contributed by atoms with Crippen molar-refractivity contribution >= 4 is 43.2 Å². The molecule has 0 amide bonds. The summed E-state index contributed by atoms with van der Waals surface area (Å²) >= 11 is 3.06. The van der Waals surface area contributed by atoms with Crippen LogP contribution < -0.4 is 0 Å². The molecule has 0 saturated heterocycles. The van der Waals surface area contributed by atoms with Gasteiger partial charge < -0.3 is 0 Å². The van der Waals surface area contributed by atoms with Crippen LogP contribution in [0.3, 0.4) is 0 Å². The molecular weight excluding hydrogens is 276 g/mol. The molecule has 2 aromatic heterocycles. The maximum Gasteiger partial charge on any atom is 0.148 e. The zero-order valence-electron chi connectivity index (χ0n) is 9.50. The summed E-state index contributed by atoms with van der Waals surface area (Å²) in [6, 6.07) is 0. The molecule has 4 nitrogen and oxygen atoms in total. The molecule has 0 aromatic carbocycles. The summed E-state index contributed by atoms with van der Waals surface area (Å²) < 4.78 is 22.1. The molecule has 2 rings (SSSR count). The molecule has 0 bridgehead atoms. The highest BCUT2D eigenvalue weighted by molar-refractivity contribution is 8.00. The smallest absolute Gasteiger partial charge is 0.148 e. The number of thiophene rings is 1. The second-order valence-corrected chi connectivity index (χ2v) is 7.96. The van der Waals surface area contributed by atoms with Gasteiger partial charge in [-0.15, -0.1) is 23.1 Å². The molecule has 7 heteroatoms. The van der Waals surface area contributed by atoms with E-state index in [-0.39, 0.29) is 5.75 Å². The van der Waals surface area contributed by atoms with Crippen LogP contribution in [-0.2, 0) is 9.84 Å². The molecule has 0 aliphatic carbocycles. The van der Waals surface area contributed by atoms with Crippen LogP contribution in [0.1, 0.15) is 5.56 Å². The molecule has 92 valence electrons. The summed E-state index contributed by atoms with van der Waals surface area (Å²) in [4.78, 5) is 9.38. The Labute approximate surface area is 108 Å². The Morgan fingerprint density at radius 3 is 2.88 bits per heavy atom. The Morgan fingerprint density at radius 1 is 1.41 bits per heavy atom. The predicted molar refractivity (Wildman–Crippen MR) is 72.6 cm³/mol. The van der Waals surface area contributed by atoms with Gasteiger partial charge in [0.05, 0.1) is 5.75 Å². The number of aryl methyl sites for hydroxylation is 1. The van der Waals surface area contributed by atoms with E-state index in [2.05, 4.69) is 9.97 Å². The standard InChI is InChI=1S/C10H12N2O2S3/c1-7-5-16-10-8(7)9(11-6-12-10)15-3-4-17(2,13)14/h5-6H,3-4H2,1-2H3. The number of hydrogen-bond acceptors (Lipinski definition) is 6. The van der Waals surface area contributed by atoms with E-state index in [1.807, 2.05) is 12.3 Å². The molecule has 0 atom stereocenters. The molecule has 0 N–H and O–H groups in total. The van der Waals surface area contributed by atoms with Gasteiger partial charge >= 0.3 is 0 Å². The lowest BCUT2D eigenvalue weighted by atomic mass is 10.3. The SMILES string of the molecule is Cc1csc2ncnc(SCCS(C)(=O)=O)c12. The number of hydrogen-bond donors (Lipinski definition) is 0. The average molecular weight is 288 g/mol. The summed E-state index contributed by atoms with van der Waals surface area (Å²) in [6.45, 7) is 2.02. The monoisotopic (exact) mass is 288 g/mol. The van der Waals surface area contributed by atoms with E-state index in [0.717, 1.165) is 20.8 Å². The average Bonchev–Trinajstić information content (AvgIpc) is 2.60. The van der Waals surface area contributed by atoms with Crippen molar-refractivity contribution < 1.29 is 8.42 Å². The molecule has 0 unspecified atom stereocenters. The molecule has 2 aromatic rings. The molecule has 0 radical (unpaired) electrons. The normalized spacial score (nSPS) is 12.1. The highest BCUT2D eigenvalue weighted by atomic mass is 32.2. The lowest BCUT2D eigenvalue weighted by Crippen LogP contribution is -2.05. The van der Waals surface area contributed by atoms with Crippen molar-refractivity contribution in [2.75, 3.05) is 17.8 Å². The second kappa shape index (κ2) is 4.91. The zero-order valence-corrected chi connectivity index (χ0v) is 12.0. The van der Waals surface area contributed by atoms with Crippen LogP contribution in [-0.4, -0.2) is 36.1 Å². The molecule has 17 heavy (non-hydrogen) atoms. The highest BCUT2D eigenvalue weighted by Crippen LogP contribution is 2.31. The fourth-order valence-corrected chi connectivity index (χ4v) is 4.60. The highest BCUT2D eigenvalue weighted by Gasteiger charge is 2.10. The number of rotatable bonds is 4. The minimum atomic E-state index is -2.91. The maximum atomic E-state index is 11.1. The number of fused-ring (bicyclic) bond motifs is 1. The quantitative estimate of drug-likeness (QED) is 0.637. The van der Waals surface area contributed by atoms with E-state index in [1.54, 1.807) is 11.3 Å². The number of thioether (sulfide) groups is 1. The number of aromatic nitrogens is 2. The van der Waals surface area contributed by atoms with Gasteiger partial charge in [0.1, 0.15) is 26.0 Å². The van der Waals surface area contributed by atoms with Gasteiger partial charge in [0, 0.05) is 17.4 Å². The first-order chi connectivity index (χ1) is 7.97. The van der Waals surface area contributed by atoms with E-state index < -0.39 is 9.84 Å². The molecular formula is C10H12N2O2S3. The topological polar surface area (TPSA) is 59.9 Å². The summed E-state index contributed by atoms with van der Waals surface area (Å²) in [5.74, 6) is 0.701. The van der Waals surface area contributed by atoms with Gasteiger partial charge in [-0.3, -0.25) is 0 Å². The van der Waals surface area contributed by atoms with Gasteiger partial charge in [0.15, 0.2) is 0 Å². The largest absolute Gasteiger partial charge is 0.229 e. The fraction of sp³-hybridized carbons (Fsp3) is 0.400. The molecule has 2 heterocycles. The van der Waals surface area contributed by atoms with Crippen molar-refractivity contribution in [1.29, 1.82) is 0 Å². The maximum absolute atomic E-state index is 11.1. The molecule has 0 fully saturated rings. The lowest BCUT2D eigenvalue weighted by molar-refractivity contribution is 0.603. The van der Waals surface area contributed by atoms with Crippen molar-refractivity contribution in [1.82, 2.24) is 9.97 Å². The van der Waals surface area contributed by atoms with Crippen LogP contribution in [0.4, 0.5) is 0 Å². The Kier molecular flexibility index (Phi) is 3.70. The van der Waals surface area contributed by atoms with Crippen LogP contribution in [0, 0.1) is 6.92 Å². The first kappa shape index (κ1) is 12.8. The third-order valence-electron chi connectivity index (χ3n) is 2.21. The number of sulfone groups is 1. The van der Waals surface area contributed by atoms with Crippen molar-refractivity contribution in [3.63, 3.8) is 0 Å². The van der Waals surface area contributed by atoms with Crippen molar-refractivity contribution in [3.05, 3.63) is 17.3 Å². The number of nitrogens with zero attached hydrogens (tertiary/aromatic N) is 2. The Hall–Kier alpha value is -0.660. The Balaban J connectivity index is 2.21. The first-order valence-corrected chi connectivity index (χ1v) is 8.89. The fourth-order valence-electron chi connectivity index (χ4n) is 1.38. The van der Waals surface area contributed by atoms with Gasteiger partial charge in [0.2, 0.25) is 0 Å². The van der Waals surface area contributed by atoms with Crippen molar-refractivity contribution in [2.24, 2.45) is 0 Å². The molecule has 0 aliphatic heterocycles. The second-order valence-electron chi connectivity index (χ2n) is 3.76. The van der Waals surface area contributed by atoms with Gasteiger partial charge in [-0.05, 0) is 17.9 Å². The first-order valence-electron chi connectivity index (χ1n) is 4.97. The van der Waals surface area contributed by atoms with Crippen molar-refractivity contribution in [3.8, 4) is 0 Å². The van der Waals surface area contributed by atoms with E-state index in [9.17, 15) is 8.42 Å². The van der Waals surface area contributed by atoms with Crippen LogP contribution in [0.15, 0.2) is 16.7 Å². The summed E-state index contributed by atoms with van der Waals surface area (Å²) in [7, 11) is -2.91. The summed E-state index contributed by atoms with van der Waals surface area (Å²) in [5.41, 5.74) is 1.15. The Morgan fingerprint density at radius 2 is 2.18 bits per heavy atom. The molecule has 0 aliphatic rings. The van der Waals surface area contributed by atoms with Crippen LogP contribution in [0.2, 0.25) is 0 Å². The van der Waals surface area contributed by atoms with Crippen LogP contribution in [0.25, 0.3) is 10.2 Å². The van der Waals surface area contributed by atoms with Gasteiger partial charge in [-0.1, -0.05) is 0 Å². The lowest BCUT2D eigenvalue weighted by Gasteiger charge is -2.02. The van der Waals surface area contributed by atoms with Gasteiger partial charge in [0.25, 0.3) is 0 Å². The summed E-state index contributed by atoms with van der Waals surface area (Å²) in [5, 5.41) is 3.97. The zero-order chi connectivity index (χ0) is 12.5. The van der Waals surface area contributed by atoms with Gasteiger partial charge in [-0.25, -0.2) is 18.4 Å². The molecule has 0 saturated carbocycles. The minimum Gasteiger partial charge on any atom is -0.229 e. The minimum absolute atomic E-state index is 0.173. The van der Waals surface area contributed by atoms with E-state index in [4.69, 9.17) is 0 Å². The molecule has 0 spiro atoms. The predicted octanol–water partition coefficient (Wildman–Crippen LogP) is 2.14. The van der Waals surface area contributed by atoms with E-state index in [0.29, 0.717) is 5.75 Å².